The first-order chi connectivity index (χ1) is 26.8. The third kappa shape index (κ3) is 40.9. The molecule has 0 spiro atoms. The van der Waals surface area contributed by atoms with Crippen molar-refractivity contribution >= 4 is 19.8 Å². The molecule has 2 atom stereocenters. The molecule has 0 aliphatic rings. The summed E-state index contributed by atoms with van der Waals surface area (Å²) in [4.78, 5) is 34.5. The van der Waals surface area contributed by atoms with Crippen molar-refractivity contribution in [2.24, 2.45) is 5.73 Å². The minimum atomic E-state index is -4.37. The fourth-order valence-electron chi connectivity index (χ4n) is 5.46. The van der Waals surface area contributed by atoms with Crippen LogP contribution < -0.4 is 5.73 Å². The molecule has 0 aromatic heterocycles. The molecule has 55 heavy (non-hydrogen) atoms. The van der Waals surface area contributed by atoms with Gasteiger partial charge in [0.2, 0.25) is 0 Å². The summed E-state index contributed by atoms with van der Waals surface area (Å²) in [6.07, 6.45) is 49.9. The molecule has 0 saturated carbocycles. The Morgan fingerprint density at radius 3 is 1.49 bits per heavy atom. The number of hydrogen-bond donors (Lipinski definition) is 2. The first-order valence-corrected chi connectivity index (χ1v) is 22.9. The molecule has 0 bridgehead atoms. The fraction of sp³-hybridized carbons (Fsp3) is 0.689. The summed E-state index contributed by atoms with van der Waals surface area (Å²) >= 11 is 0. The Bertz CT molecular complexity index is 1130. The number of unbranched alkanes of at least 4 members (excludes halogenated alkanes) is 14. The number of allylic oxidation sites excluding steroid dienone is 12. The minimum Gasteiger partial charge on any atom is -0.462 e. The molecule has 10 heteroatoms. The SMILES string of the molecule is CC/C=C\C/C=C\C/C=C\C/C=C\C/C=C\C/C=C\CCCCCCCCCCCCC(=O)OC(COC(=O)CCCCCCC)COP(=O)(O)OCCN. The molecule has 0 fully saturated rings. The average molecular weight is 792 g/mol. The number of hydrogen-bond acceptors (Lipinski definition) is 8. The molecule has 316 valence electrons. The number of esters is 2. The van der Waals surface area contributed by atoms with E-state index in [0.29, 0.717) is 6.42 Å². The standard InChI is InChI=1S/C45H78NO8P/c1-3-5-7-9-10-11-12-13-14-15-16-17-18-19-20-21-22-23-24-25-26-27-28-29-30-31-32-34-36-38-45(48)54-43(42-53-55(49,50)52-40-39-46)41-51-44(47)37-35-33-8-6-4-2/h5,7,10-11,13-14,16-17,19-20,22-23,43H,3-4,6,8-9,12,15,18,21,24-42,46H2,1-2H3,(H,49,50)/b7-5-,11-10-,14-13-,17-16-,20-19-,23-22-. The Morgan fingerprint density at radius 1 is 0.564 bits per heavy atom. The van der Waals surface area contributed by atoms with Crippen molar-refractivity contribution in [2.75, 3.05) is 26.4 Å². The summed E-state index contributed by atoms with van der Waals surface area (Å²) in [6, 6.07) is 0. The quantitative estimate of drug-likeness (QED) is 0.0270. The van der Waals surface area contributed by atoms with Gasteiger partial charge in [0.1, 0.15) is 6.61 Å². The third-order valence-electron chi connectivity index (χ3n) is 8.61. The van der Waals surface area contributed by atoms with Crippen LogP contribution in [0.3, 0.4) is 0 Å². The van der Waals surface area contributed by atoms with Crippen LogP contribution >= 0.6 is 7.82 Å². The lowest BCUT2D eigenvalue weighted by Crippen LogP contribution is -2.29. The van der Waals surface area contributed by atoms with Gasteiger partial charge in [0, 0.05) is 19.4 Å². The van der Waals surface area contributed by atoms with E-state index in [1.807, 2.05) is 0 Å². The van der Waals surface area contributed by atoms with Gasteiger partial charge in [-0.15, -0.1) is 0 Å². The van der Waals surface area contributed by atoms with Crippen molar-refractivity contribution in [1.29, 1.82) is 0 Å². The third-order valence-corrected chi connectivity index (χ3v) is 9.59. The Kier molecular flexibility index (Phi) is 39.2. The molecule has 0 aromatic rings. The van der Waals surface area contributed by atoms with Gasteiger partial charge in [0.25, 0.3) is 0 Å². The van der Waals surface area contributed by atoms with Crippen molar-refractivity contribution in [3.8, 4) is 0 Å². The highest BCUT2D eigenvalue weighted by atomic mass is 31.2. The highest BCUT2D eigenvalue weighted by Gasteiger charge is 2.26. The average Bonchev–Trinajstić information content (AvgIpc) is 3.17. The van der Waals surface area contributed by atoms with E-state index in [2.05, 4.69) is 86.8 Å². The highest BCUT2D eigenvalue weighted by Crippen LogP contribution is 2.43. The molecule has 0 aromatic carbocycles. The first kappa shape index (κ1) is 52.5. The largest absolute Gasteiger partial charge is 0.472 e. The van der Waals surface area contributed by atoms with E-state index in [9.17, 15) is 19.0 Å². The van der Waals surface area contributed by atoms with Gasteiger partial charge in [-0.05, 0) is 64.2 Å². The van der Waals surface area contributed by atoms with Crippen LogP contribution in [0.25, 0.3) is 0 Å². The normalized spacial score (nSPS) is 14.0. The predicted molar refractivity (Wildman–Crippen MR) is 229 cm³/mol. The Balaban J connectivity index is 3.93. The van der Waals surface area contributed by atoms with Gasteiger partial charge < -0.3 is 20.1 Å². The number of ether oxygens (including phenoxy) is 2. The molecule has 0 saturated heterocycles. The van der Waals surface area contributed by atoms with Crippen LogP contribution in [0.2, 0.25) is 0 Å². The van der Waals surface area contributed by atoms with Crippen LogP contribution in [0.4, 0.5) is 0 Å². The van der Waals surface area contributed by atoms with Gasteiger partial charge in [-0.25, -0.2) is 4.57 Å². The maximum Gasteiger partial charge on any atom is 0.472 e. The maximum absolute atomic E-state index is 12.5. The van der Waals surface area contributed by atoms with Crippen molar-refractivity contribution in [3.63, 3.8) is 0 Å². The molecule has 0 rings (SSSR count). The van der Waals surface area contributed by atoms with Gasteiger partial charge in [0.15, 0.2) is 6.10 Å². The van der Waals surface area contributed by atoms with Gasteiger partial charge in [0.05, 0.1) is 13.2 Å². The summed E-state index contributed by atoms with van der Waals surface area (Å²) in [5.41, 5.74) is 5.32. The molecular formula is C45H78NO8P. The Hall–Kier alpha value is -2.55. The maximum atomic E-state index is 12.5. The fourth-order valence-corrected chi connectivity index (χ4v) is 6.23. The van der Waals surface area contributed by atoms with Crippen molar-refractivity contribution in [2.45, 2.75) is 174 Å². The van der Waals surface area contributed by atoms with Crippen LogP contribution in [0.1, 0.15) is 168 Å². The second-order valence-corrected chi connectivity index (χ2v) is 15.3. The minimum absolute atomic E-state index is 0.0501. The molecule has 0 aliphatic carbocycles. The van der Waals surface area contributed by atoms with Gasteiger partial charge >= 0.3 is 19.8 Å². The monoisotopic (exact) mass is 792 g/mol. The van der Waals surface area contributed by atoms with Crippen LogP contribution in [0, 0.1) is 0 Å². The molecule has 0 aliphatic heterocycles. The van der Waals surface area contributed by atoms with E-state index in [1.54, 1.807) is 0 Å². The zero-order valence-electron chi connectivity index (χ0n) is 34.6. The van der Waals surface area contributed by atoms with Gasteiger partial charge in [-0.2, -0.15) is 0 Å². The number of nitrogens with two attached hydrogens (primary N) is 1. The zero-order chi connectivity index (χ0) is 40.3. The van der Waals surface area contributed by atoms with E-state index in [-0.39, 0.29) is 32.6 Å². The summed E-state index contributed by atoms with van der Waals surface area (Å²) < 4.78 is 32.5. The Labute approximate surface area is 335 Å². The molecule has 0 radical (unpaired) electrons. The van der Waals surface area contributed by atoms with Crippen LogP contribution in [0.15, 0.2) is 72.9 Å². The number of phosphoric acid groups is 1. The van der Waals surface area contributed by atoms with Crippen LogP contribution in [0.5, 0.6) is 0 Å². The summed E-state index contributed by atoms with van der Waals surface area (Å²) in [7, 11) is -4.37. The molecule has 0 amide bonds. The molecule has 3 N–H and O–H groups in total. The summed E-state index contributed by atoms with van der Waals surface area (Å²) in [5, 5.41) is 0. The number of phosphoric ester groups is 1. The van der Waals surface area contributed by atoms with E-state index >= 15 is 0 Å². The molecular weight excluding hydrogens is 713 g/mol. The van der Waals surface area contributed by atoms with E-state index < -0.39 is 32.5 Å². The van der Waals surface area contributed by atoms with Gasteiger partial charge in [-0.3, -0.25) is 18.6 Å². The van der Waals surface area contributed by atoms with Crippen LogP contribution in [-0.4, -0.2) is 49.3 Å². The van der Waals surface area contributed by atoms with Gasteiger partial charge in [-0.1, -0.05) is 164 Å². The van der Waals surface area contributed by atoms with Crippen molar-refractivity contribution < 1.29 is 37.6 Å². The number of carbonyl (C=O) groups is 2. The zero-order valence-corrected chi connectivity index (χ0v) is 35.5. The Morgan fingerprint density at radius 2 is 1.00 bits per heavy atom. The second-order valence-electron chi connectivity index (χ2n) is 13.8. The van der Waals surface area contributed by atoms with E-state index in [1.165, 1.54) is 38.5 Å². The first-order valence-electron chi connectivity index (χ1n) is 21.4. The van der Waals surface area contributed by atoms with Crippen molar-refractivity contribution in [3.05, 3.63) is 72.9 Å². The molecule has 9 nitrogen and oxygen atoms in total. The lowest BCUT2D eigenvalue weighted by molar-refractivity contribution is -0.161. The number of rotatable bonds is 39. The topological polar surface area (TPSA) is 134 Å². The smallest absolute Gasteiger partial charge is 0.462 e. The van der Waals surface area contributed by atoms with Crippen molar-refractivity contribution in [1.82, 2.24) is 0 Å². The lowest BCUT2D eigenvalue weighted by atomic mass is 10.0. The lowest BCUT2D eigenvalue weighted by Gasteiger charge is -2.19. The predicted octanol–water partition coefficient (Wildman–Crippen LogP) is 12.3. The number of carbonyl (C=O) groups excluding carboxylic acids is 2. The van der Waals surface area contributed by atoms with E-state index in [4.69, 9.17) is 24.3 Å². The molecule has 2 unspecified atom stereocenters. The van der Waals surface area contributed by atoms with Crippen LogP contribution in [-0.2, 0) is 32.7 Å². The highest BCUT2D eigenvalue weighted by molar-refractivity contribution is 7.47. The van der Waals surface area contributed by atoms with E-state index in [0.717, 1.165) is 96.3 Å². The summed E-state index contributed by atoms with van der Waals surface area (Å²) in [6.45, 7) is 3.49. The second kappa shape index (κ2) is 41.1. The molecule has 0 heterocycles. The summed E-state index contributed by atoms with van der Waals surface area (Å²) in [5.74, 6) is -0.853.